The Balaban J connectivity index is 1.45. The minimum atomic E-state index is -3.97. The lowest BCUT2D eigenvalue weighted by atomic mass is 10.3. The van der Waals surface area contributed by atoms with Gasteiger partial charge in [0, 0.05) is 26.2 Å². The molecule has 0 aliphatic carbocycles. The van der Waals surface area contributed by atoms with E-state index in [1.165, 1.54) is 23.1 Å². The lowest BCUT2D eigenvalue weighted by Crippen LogP contribution is -2.52. The van der Waals surface area contributed by atoms with Crippen LogP contribution in [0.4, 0.5) is 4.39 Å². The van der Waals surface area contributed by atoms with Crippen LogP contribution in [0.5, 0.6) is 5.75 Å². The SMILES string of the molecule is O=C(COc1ccccc1)NCC(=O)N1CCN(S(=O)(=O)c2ccccc2F)CC1. The third-order valence-corrected chi connectivity index (χ3v) is 6.53. The van der Waals surface area contributed by atoms with Gasteiger partial charge in [0.2, 0.25) is 15.9 Å². The van der Waals surface area contributed by atoms with Crippen LogP contribution >= 0.6 is 0 Å². The van der Waals surface area contributed by atoms with Gasteiger partial charge in [-0.25, -0.2) is 12.8 Å². The van der Waals surface area contributed by atoms with Crippen molar-refractivity contribution in [3.63, 3.8) is 0 Å². The monoisotopic (exact) mass is 435 g/mol. The number of piperazine rings is 1. The molecule has 1 N–H and O–H groups in total. The van der Waals surface area contributed by atoms with Gasteiger partial charge in [-0.3, -0.25) is 9.59 Å². The first kappa shape index (κ1) is 21.7. The molecule has 2 amide bonds. The summed E-state index contributed by atoms with van der Waals surface area (Å²) in [5.41, 5.74) is 0. The number of ether oxygens (including phenoxy) is 1. The molecule has 1 aliphatic heterocycles. The van der Waals surface area contributed by atoms with Crippen molar-refractivity contribution in [3.8, 4) is 5.75 Å². The van der Waals surface area contributed by atoms with Gasteiger partial charge in [0.05, 0.1) is 6.54 Å². The number of sulfonamides is 1. The van der Waals surface area contributed by atoms with Crippen LogP contribution in [0.3, 0.4) is 0 Å². The first-order chi connectivity index (χ1) is 14.4. The van der Waals surface area contributed by atoms with Gasteiger partial charge >= 0.3 is 0 Å². The van der Waals surface area contributed by atoms with Crippen molar-refractivity contribution in [3.05, 3.63) is 60.4 Å². The molecule has 0 radical (unpaired) electrons. The fourth-order valence-electron chi connectivity index (χ4n) is 2.97. The fourth-order valence-corrected chi connectivity index (χ4v) is 4.46. The molecule has 0 spiro atoms. The number of nitrogens with zero attached hydrogens (tertiary/aromatic N) is 2. The highest BCUT2D eigenvalue weighted by molar-refractivity contribution is 7.89. The summed E-state index contributed by atoms with van der Waals surface area (Å²) in [7, 11) is -3.97. The molecule has 30 heavy (non-hydrogen) atoms. The smallest absolute Gasteiger partial charge is 0.258 e. The Morgan fingerprint density at radius 2 is 1.60 bits per heavy atom. The predicted molar refractivity (Wildman–Crippen MR) is 107 cm³/mol. The molecule has 10 heteroatoms. The average Bonchev–Trinajstić information content (AvgIpc) is 2.77. The first-order valence-corrected chi connectivity index (χ1v) is 10.8. The van der Waals surface area contributed by atoms with Crippen LogP contribution in [0.25, 0.3) is 0 Å². The van der Waals surface area contributed by atoms with Crippen LogP contribution in [0.1, 0.15) is 0 Å². The zero-order chi connectivity index (χ0) is 21.6. The third-order valence-electron chi connectivity index (χ3n) is 4.60. The molecular formula is C20H22FN3O5S. The molecule has 160 valence electrons. The van der Waals surface area contributed by atoms with Crippen molar-refractivity contribution in [2.75, 3.05) is 39.3 Å². The lowest BCUT2D eigenvalue weighted by Gasteiger charge is -2.34. The Morgan fingerprint density at radius 3 is 2.27 bits per heavy atom. The van der Waals surface area contributed by atoms with Gasteiger partial charge in [-0.1, -0.05) is 30.3 Å². The minimum absolute atomic E-state index is 0.0491. The van der Waals surface area contributed by atoms with Gasteiger partial charge in [0.1, 0.15) is 16.5 Å². The molecule has 2 aromatic carbocycles. The van der Waals surface area contributed by atoms with Gasteiger partial charge < -0.3 is 15.0 Å². The second kappa shape index (κ2) is 9.68. The number of para-hydroxylation sites is 1. The molecule has 2 aromatic rings. The molecule has 0 unspecified atom stereocenters. The van der Waals surface area contributed by atoms with E-state index in [0.29, 0.717) is 5.75 Å². The molecule has 1 aliphatic rings. The molecule has 1 heterocycles. The zero-order valence-corrected chi connectivity index (χ0v) is 17.0. The number of halogens is 1. The van der Waals surface area contributed by atoms with Crippen molar-refractivity contribution in [1.82, 2.24) is 14.5 Å². The number of rotatable bonds is 7. The Kier molecular flexibility index (Phi) is 7.01. The van der Waals surface area contributed by atoms with E-state index in [-0.39, 0.29) is 50.1 Å². The quantitative estimate of drug-likeness (QED) is 0.696. The molecular weight excluding hydrogens is 413 g/mol. The van der Waals surface area contributed by atoms with Crippen LogP contribution in [-0.2, 0) is 19.6 Å². The topological polar surface area (TPSA) is 96.0 Å². The fraction of sp³-hybridized carbons (Fsp3) is 0.300. The highest BCUT2D eigenvalue weighted by Crippen LogP contribution is 2.20. The van der Waals surface area contributed by atoms with E-state index in [1.54, 1.807) is 24.3 Å². The summed E-state index contributed by atoms with van der Waals surface area (Å²) in [6.07, 6.45) is 0. The Labute approximate surface area is 174 Å². The Morgan fingerprint density at radius 1 is 0.967 bits per heavy atom. The van der Waals surface area contributed by atoms with E-state index < -0.39 is 21.7 Å². The van der Waals surface area contributed by atoms with Crippen LogP contribution < -0.4 is 10.1 Å². The summed E-state index contributed by atoms with van der Waals surface area (Å²) in [5, 5.41) is 2.49. The van der Waals surface area contributed by atoms with Crippen LogP contribution in [0, 0.1) is 5.82 Å². The third kappa shape index (κ3) is 5.33. The summed E-state index contributed by atoms with van der Waals surface area (Å²) in [4.78, 5) is 25.2. The van der Waals surface area contributed by atoms with Gasteiger partial charge in [0.25, 0.3) is 5.91 Å². The van der Waals surface area contributed by atoms with Gasteiger partial charge in [-0.2, -0.15) is 4.31 Å². The number of hydrogen-bond donors (Lipinski definition) is 1. The standard InChI is InChI=1S/C20H22FN3O5S/c21-17-8-4-5-9-18(17)30(27,28)24-12-10-23(11-13-24)20(26)14-22-19(25)15-29-16-6-2-1-3-7-16/h1-9H,10-15H2,(H,22,25). The average molecular weight is 435 g/mol. The van der Waals surface area contributed by atoms with Crippen molar-refractivity contribution in [2.45, 2.75) is 4.90 Å². The second-order valence-corrected chi connectivity index (χ2v) is 8.50. The maximum atomic E-state index is 13.9. The largest absolute Gasteiger partial charge is 0.484 e. The van der Waals surface area contributed by atoms with E-state index in [0.717, 1.165) is 10.4 Å². The minimum Gasteiger partial charge on any atom is -0.484 e. The van der Waals surface area contributed by atoms with Crippen molar-refractivity contribution in [1.29, 1.82) is 0 Å². The van der Waals surface area contributed by atoms with E-state index in [1.807, 2.05) is 6.07 Å². The van der Waals surface area contributed by atoms with E-state index >= 15 is 0 Å². The summed E-state index contributed by atoms with van der Waals surface area (Å²) in [6.45, 7) is -0.0181. The summed E-state index contributed by atoms with van der Waals surface area (Å²) >= 11 is 0. The van der Waals surface area contributed by atoms with Gasteiger partial charge in [-0.05, 0) is 24.3 Å². The molecule has 0 bridgehead atoms. The summed E-state index contributed by atoms with van der Waals surface area (Å²) < 4.78 is 45.5. The van der Waals surface area contributed by atoms with Crippen molar-refractivity contribution >= 4 is 21.8 Å². The van der Waals surface area contributed by atoms with E-state index in [2.05, 4.69) is 5.32 Å². The first-order valence-electron chi connectivity index (χ1n) is 9.35. The summed E-state index contributed by atoms with van der Waals surface area (Å²) in [5.74, 6) is -1.03. The zero-order valence-electron chi connectivity index (χ0n) is 16.2. The molecule has 0 saturated carbocycles. The highest BCUT2D eigenvalue weighted by atomic mass is 32.2. The van der Waals surface area contributed by atoms with Crippen molar-refractivity contribution < 1.29 is 27.1 Å². The van der Waals surface area contributed by atoms with E-state index in [9.17, 15) is 22.4 Å². The molecule has 3 rings (SSSR count). The number of nitrogens with one attached hydrogen (secondary N) is 1. The molecule has 0 aromatic heterocycles. The number of benzene rings is 2. The lowest BCUT2D eigenvalue weighted by molar-refractivity contribution is -0.134. The van der Waals surface area contributed by atoms with Crippen molar-refractivity contribution in [2.24, 2.45) is 0 Å². The van der Waals surface area contributed by atoms with Crippen LogP contribution in [0.15, 0.2) is 59.5 Å². The number of amides is 2. The van der Waals surface area contributed by atoms with Gasteiger partial charge in [0.15, 0.2) is 6.61 Å². The molecule has 1 fully saturated rings. The predicted octanol–water partition coefficient (Wildman–Crippen LogP) is 0.854. The highest BCUT2D eigenvalue weighted by Gasteiger charge is 2.31. The van der Waals surface area contributed by atoms with Gasteiger partial charge in [-0.15, -0.1) is 0 Å². The molecule has 0 atom stereocenters. The summed E-state index contributed by atoms with van der Waals surface area (Å²) in [6, 6.07) is 14.0. The maximum absolute atomic E-state index is 13.9. The number of carbonyl (C=O) groups excluding carboxylic acids is 2. The second-order valence-electron chi connectivity index (χ2n) is 6.59. The Bertz CT molecular complexity index is 993. The molecule has 8 nitrogen and oxygen atoms in total. The maximum Gasteiger partial charge on any atom is 0.258 e. The Hall–Kier alpha value is -2.98. The van der Waals surface area contributed by atoms with Crippen LogP contribution in [-0.4, -0.2) is 68.8 Å². The number of hydrogen-bond acceptors (Lipinski definition) is 5. The van der Waals surface area contributed by atoms with E-state index in [4.69, 9.17) is 4.74 Å². The number of carbonyl (C=O) groups is 2. The van der Waals surface area contributed by atoms with Crippen LogP contribution in [0.2, 0.25) is 0 Å². The molecule has 1 saturated heterocycles. The normalized spacial score (nSPS) is 14.9.